The average Bonchev–Trinajstić information content (AvgIpc) is 1.69. The van der Waals surface area contributed by atoms with Crippen molar-refractivity contribution >= 4 is 185 Å². The first-order valence-corrected chi connectivity index (χ1v) is 49.3. The Morgan fingerprint density at radius 2 is 0.971 bits per heavy atom. The summed E-state index contributed by atoms with van der Waals surface area (Å²) >= 11 is 0. The van der Waals surface area contributed by atoms with Crippen LogP contribution in [0.25, 0.3) is 0 Å². The molecule has 2 bridgehead atoms. The van der Waals surface area contributed by atoms with Gasteiger partial charge in [0.15, 0.2) is 11.9 Å². The van der Waals surface area contributed by atoms with Crippen LogP contribution < -0.4 is 142 Å². The number of carboxylic acids is 1. The molecule has 0 radical (unpaired) electrons. The van der Waals surface area contributed by atoms with Crippen LogP contribution in [0, 0.1) is 16.7 Å². The van der Waals surface area contributed by atoms with Gasteiger partial charge in [-0.25, -0.2) is 4.98 Å². The maximum atomic E-state index is 15.4. The summed E-state index contributed by atoms with van der Waals surface area (Å²) in [5.41, 5.74) is 46.7. The molecule has 19 atom stereocenters. The van der Waals surface area contributed by atoms with E-state index in [9.17, 15) is 101 Å². The van der Waals surface area contributed by atoms with Crippen molar-refractivity contribution in [3.63, 3.8) is 0 Å². The second-order valence-corrected chi connectivity index (χ2v) is 38.3. The summed E-state index contributed by atoms with van der Waals surface area (Å²) in [6, 6.07) is -31.5. The molecular formula is C79H131N31O24S4. The zero-order valence-electron chi connectivity index (χ0n) is 77.1. The van der Waals surface area contributed by atoms with E-state index in [-0.39, 0.29) is 84.0 Å². The average molecular weight is 2030 g/mol. The Morgan fingerprint density at radius 1 is 0.507 bits per heavy atom. The molecular weight excluding hydrogens is 1900 g/mol. The number of hydrogen-bond donors (Lipinski definition) is 31. The van der Waals surface area contributed by atoms with Crippen LogP contribution in [0.4, 0.5) is 0 Å². The lowest BCUT2D eigenvalue weighted by Gasteiger charge is -2.30. The first-order valence-electron chi connectivity index (χ1n) is 44.3. The fourth-order valence-corrected chi connectivity index (χ4v) is 18.2. The second-order valence-electron chi connectivity index (χ2n) is 33.2. The minimum atomic E-state index is -2.02. The number of aliphatic hydroxyl groups excluding tert-OH is 1. The number of aromatic nitrogens is 2. The SMILES string of the molecule is CC(C)C[C@@H]1NC(=O)[C@H](C)NC(=O)[C@H]([C@@H](C)O)NC(=O)[C@@H](CCC(=O)O)NC(=O)[C@@H]2CCCN2C(=O)[C@H](C)NC(=O)[C@H](CCCCN)NC(=O)[C@@H]2CSSC[C@H](NC(=O)[C@H](CCC(N)=O)NC(=O)[C@H](CCC(N)=O)NC(=O)[C@@H](N)Cc3c[nH]cn3)C(=O)N[C@@H](CCCNC(=N)N)C(=O)NC(=O)[C@H](CCCNC(=N)N)NC(=O)[C@H](C)NC(=O)[C@H](CSSC[C@H](N)C(=O)N[C@@H](CC(N)=O)C(=O)N2)NC1=O. The topological polar surface area (TPSA) is 920 Å². The minimum Gasteiger partial charge on any atom is -0.481 e. The summed E-state index contributed by atoms with van der Waals surface area (Å²) in [6.07, 6.45) is -5.38. The molecule has 0 unspecified atom stereocenters. The number of unbranched alkanes of at least 4 members (excludes halogenated alkanes) is 1. The number of hydrogen-bond acceptors (Lipinski definition) is 33. The Balaban J connectivity index is 2.10. The number of fused-ring (bicyclic) bond motifs is 12. The number of imidazole rings is 1. The molecule has 0 aliphatic carbocycles. The Hall–Kier alpha value is -12.5. The van der Waals surface area contributed by atoms with Gasteiger partial charge in [-0.2, -0.15) is 0 Å². The predicted octanol–water partition coefficient (Wildman–Crippen LogP) is -12.3. The molecule has 138 heavy (non-hydrogen) atoms. The van der Waals surface area contributed by atoms with Crippen LogP contribution >= 0.6 is 43.2 Å². The first kappa shape index (κ1) is 118. The molecule has 4 heterocycles. The monoisotopic (exact) mass is 2030 g/mol. The summed E-state index contributed by atoms with van der Waals surface area (Å²) in [6.45, 7) is 7.40. The zero-order chi connectivity index (χ0) is 103. The summed E-state index contributed by atoms with van der Waals surface area (Å²) < 4.78 is 0. The van der Waals surface area contributed by atoms with Gasteiger partial charge in [-0.1, -0.05) is 57.0 Å². The fourth-order valence-electron chi connectivity index (χ4n) is 13.6. The van der Waals surface area contributed by atoms with E-state index in [1.54, 1.807) is 13.8 Å². The third-order valence-electron chi connectivity index (χ3n) is 21.2. The van der Waals surface area contributed by atoms with Crippen molar-refractivity contribution in [2.24, 2.45) is 51.8 Å². The molecule has 0 spiro atoms. The van der Waals surface area contributed by atoms with Crippen molar-refractivity contribution in [1.82, 2.24) is 111 Å². The highest BCUT2D eigenvalue weighted by atomic mass is 33.1. The number of nitrogens with zero attached hydrogens (tertiary/aromatic N) is 2. The van der Waals surface area contributed by atoms with Gasteiger partial charge in [0.05, 0.1) is 36.6 Å². The molecule has 21 amide bonds. The van der Waals surface area contributed by atoms with Crippen molar-refractivity contribution in [2.45, 2.75) is 272 Å². The number of amides is 21. The lowest BCUT2D eigenvalue weighted by atomic mass is 10.0. The number of H-pyrrole nitrogens is 1. The first-order chi connectivity index (χ1) is 65.0. The molecule has 3 fully saturated rings. The van der Waals surface area contributed by atoms with E-state index >= 15 is 14.4 Å². The highest BCUT2D eigenvalue weighted by Gasteiger charge is 2.43. The quantitative estimate of drug-likeness (QED) is 0.0100. The molecule has 0 saturated carbocycles. The fraction of sp³-hybridized carbons (Fsp3) is 0.658. The van der Waals surface area contributed by atoms with E-state index in [0.29, 0.717) is 27.3 Å². The highest BCUT2D eigenvalue weighted by Crippen LogP contribution is 2.27. The molecule has 1 aromatic heterocycles. The summed E-state index contributed by atoms with van der Waals surface area (Å²) in [4.78, 5) is 321. The molecule has 3 aliphatic rings. The number of guanidine groups is 2. The van der Waals surface area contributed by atoms with E-state index in [1.165, 1.54) is 19.4 Å². The number of primary amides is 3. The second kappa shape index (κ2) is 60.3. The molecule has 770 valence electrons. The molecule has 39 N–H and O–H groups in total. The molecule has 59 heteroatoms. The number of carbonyl (C=O) groups excluding carboxylic acids is 21. The maximum absolute atomic E-state index is 15.4. The standard InChI is InChI=1S/C79H131N31O24S4/c1-35(2)26-49-70(127)106-51-31-136-135-30-42(82)63(120)104-50(28-57(85)114)71(128)107-53(74(131)99-43(12-7-8-22-80)64(121)96-38(5)77(134)110-25-11-15-54(110)75(132)102-48(18-21-58(115)116)67(124)108-59(39(6)111)76(133)95-37(4)61(118)103-49)33-138-137-32-52(105-66(123)47(17-20-56(84)113)101-65(122)46(16-19-55(83)112)98-62(119)41(81)27-40-29-90-34-93-40)73(130)100-45(14-10-24-92-79(88)89)69(126)109-68(125)44(13-9-23-91-78(86)87)97-60(117)36(3)94-72(51)129/h29,34-39,41-54,59,111H,7-28,30-33,80-82H2,1-6H3,(H2,83,112)(H2,84,113)(H2,85,114)(H,90,93)(H,94,129)(H,95,133)(H,96,121)(H,97,117)(H,98,119)(H,99,131)(H,100,130)(H,101,122)(H,102,132)(H,103,118)(H,104,120)(H,105,123)(H,106,127)(H,107,128)(H,108,124)(H,115,116)(H4,86,87,91)(H4,88,89,92)(H,109,125,126)/t36-,37-,38-,39+,41-,42-,43-,44-,45-,46-,47-,48+,49-,50-,51-,52-,53-,54-,59-/m0/s1. The Labute approximate surface area is 809 Å². The number of rotatable bonds is 34. The number of carboxylic acid groups (broad SMARTS) is 1. The lowest BCUT2D eigenvalue weighted by molar-refractivity contribution is -0.142. The number of aliphatic carboxylic acids is 1. The number of aromatic amines is 1. The molecule has 0 aromatic carbocycles. The van der Waals surface area contributed by atoms with Gasteiger partial charge in [-0.05, 0) is 124 Å². The van der Waals surface area contributed by atoms with E-state index in [2.05, 4.69) is 106 Å². The van der Waals surface area contributed by atoms with Crippen LogP contribution in [-0.4, -0.2) is 331 Å². The number of carbonyl (C=O) groups is 22. The van der Waals surface area contributed by atoms with Crippen LogP contribution in [0.2, 0.25) is 0 Å². The third kappa shape index (κ3) is 42.7. The van der Waals surface area contributed by atoms with Crippen LogP contribution in [0.1, 0.15) is 156 Å². The van der Waals surface area contributed by atoms with Crippen molar-refractivity contribution in [2.75, 3.05) is 49.2 Å². The highest BCUT2D eigenvalue weighted by molar-refractivity contribution is 8.77. The third-order valence-corrected chi connectivity index (χ3v) is 26.0. The van der Waals surface area contributed by atoms with Crippen molar-refractivity contribution in [1.29, 1.82) is 10.8 Å². The van der Waals surface area contributed by atoms with E-state index in [1.807, 2.05) is 0 Å². The minimum absolute atomic E-state index is 0.0309. The van der Waals surface area contributed by atoms with Crippen molar-refractivity contribution in [3.8, 4) is 0 Å². The number of imide groups is 1. The van der Waals surface area contributed by atoms with E-state index in [0.717, 1.165) is 47.3 Å². The maximum Gasteiger partial charge on any atom is 0.303 e. The number of nitrogens with one attached hydrogen (secondary N) is 21. The molecule has 1 aromatic rings. The predicted molar refractivity (Wildman–Crippen MR) is 502 cm³/mol. The summed E-state index contributed by atoms with van der Waals surface area (Å²) in [5.74, 6) is -29.6. The largest absolute Gasteiger partial charge is 0.481 e. The van der Waals surface area contributed by atoms with Gasteiger partial charge in [0, 0.05) is 74.5 Å². The number of aliphatic hydroxyl groups is 1. The summed E-state index contributed by atoms with van der Waals surface area (Å²) in [5, 5.41) is 80.0. The zero-order valence-corrected chi connectivity index (χ0v) is 80.4. The van der Waals surface area contributed by atoms with Gasteiger partial charge in [-0.3, -0.25) is 122 Å². The normalized spacial score (nSPS) is 25.2. The Morgan fingerprint density at radius 3 is 1.50 bits per heavy atom. The molecule has 3 aliphatic heterocycles. The van der Waals surface area contributed by atoms with Crippen LogP contribution in [-0.2, 0) is 112 Å². The molecule has 4 rings (SSSR count). The van der Waals surface area contributed by atoms with Gasteiger partial charge >= 0.3 is 5.97 Å². The smallest absolute Gasteiger partial charge is 0.303 e. The summed E-state index contributed by atoms with van der Waals surface area (Å²) in [7, 11) is 2.81. The van der Waals surface area contributed by atoms with Crippen LogP contribution in [0.15, 0.2) is 12.5 Å². The number of nitrogens with two attached hydrogens (primary N) is 8. The Bertz CT molecular complexity index is 4470. The van der Waals surface area contributed by atoms with Crippen LogP contribution in [0.5, 0.6) is 0 Å². The van der Waals surface area contributed by atoms with E-state index < -0.39 is 344 Å². The van der Waals surface area contributed by atoms with Crippen molar-refractivity contribution in [3.05, 3.63) is 18.2 Å². The lowest BCUT2D eigenvalue weighted by Crippen LogP contribution is -2.61. The van der Waals surface area contributed by atoms with Gasteiger partial charge in [0.2, 0.25) is 124 Å². The van der Waals surface area contributed by atoms with E-state index in [4.69, 9.17) is 56.7 Å². The van der Waals surface area contributed by atoms with Gasteiger partial charge in [0.1, 0.15) is 96.7 Å². The molecule has 3 saturated heterocycles. The van der Waals surface area contributed by atoms with Gasteiger partial charge in [-0.15, -0.1) is 0 Å². The van der Waals surface area contributed by atoms with Gasteiger partial charge < -0.3 is 156 Å². The van der Waals surface area contributed by atoms with Crippen molar-refractivity contribution < 1.29 is 116 Å². The van der Waals surface area contributed by atoms with Crippen LogP contribution in [0.3, 0.4) is 0 Å². The molecule has 55 nitrogen and oxygen atoms in total. The van der Waals surface area contributed by atoms with Gasteiger partial charge in [0.25, 0.3) is 0 Å². The Kier molecular flexibility index (Phi) is 51.5.